The lowest BCUT2D eigenvalue weighted by Gasteiger charge is -2.32. The van der Waals surface area contributed by atoms with Crippen molar-refractivity contribution in [3.05, 3.63) is 23.3 Å². The Morgan fingerprint density at radius 3 is 2.95 bits per heavy atom. The number of aryl methyl sites for hydroxylation is 1. The van der Waals surface area contributed by atoms with Gasteiger partial charge >= 0.3 is 5.97 Å². The molecule has 1 atom stereocenters. The molecule has 2 heterocycles. The highest BCUT2D eigenvalue weighted by Crippen LogP contribution is 2.32. The van der Waals surface area contributed by atoms with Crippen LogP contribution in [0.3, 0.4) is 0 Å². The summed E-state index contributed by atoms with van der Waals surface area (Å²) in [6, 6.07) is 0. The standard InChI is InChI=1S/C14H20N2O3/c1-4-18-12(17)11-10(2)9-15-13(16-11)14(3)7-5-6-8-19-14/h9H,4-8H2,1-3H3. The molecule has 1 saturated heterocycles. The smallest absolute Gasteiger partial charge is 0.357 e. The highest BCUT2D eigenvalue weighted by molar-refractivity contribution is 5.88. The van der Waals surface area contributed by atoms with Gasteiger partial charge < -0.3 is 9.47 Å². The maximum absolute atomic E-state index is 11.9. The zero-order valence-corrected chi connectivity index (χ0v) is 11.7. The van der Waals surface area contributed by atoms with E-state index in [0.29, 0.717) is 24.7 Å². The molecule has 0 aliphatic carbocycles. The van der Waals surface area contributed by atoms with Crippen molar-refractivity contribution in [1.82, 2.24) is 9.97 Å². The number of esters is 1. The molecule has 1 aliphatic heterocycles. The van der Waals surface area contributed by atoms with Crippen LogP contribution in [0.5, 0.6) is 0 Å². The Morgan fingerprint density at radius 1 is 1.53 bits per heavy atom. The molecule has 19 heavy (non-hydrogen) atoms. The summed E-state index contributed by atoms with van der Waals surface area (Å²) in [5.74, 6) is 0.170. The summed E-state index contributed by atoms with van der Waals surface area (Å²) in [4.78, 5) is 20.6. The Morgan fingerprint density at radius 2 is 2.32 bits per heavy atom. The average Bonchev–Trinajstić information content (AvgIpc) is 2.40. The fraction of sp³-hybridized carbons (Fsp3) is 0.643. The Labute approximate surface area is 113 Å². The van der Waals surface area contributed by atoms with Gasteiger partial charge in [-0.2, -0.15) is 0 Å². The molecule has 0 aromatic carbocycles. The van der Waals surface area contributed by atoms with Crippen molar-refractivity contribution >= 4 is 5.97 Å². The molecule has 1 aliphatic rings. The lowest BCUT2D eigenvalue weighted by molar-refractivity contribution is -0.0761. The number of hydrogen-bond acceptors (Lipinski definition) is 5. The Balaban J connectivity index is 2.32. The minimum absolute atomic E-state index is 0.335. The zero-order chi connectivity index (χ0) is 13.9. The predicted octanol–water partition coefficient (Wildman–Crippen LogP) is 2.38. The Hall–Kier alpha value is -1.49. The van der Waals surface area contributed by atoms with Gasteiger partial charge in [0.25, 0.3) is 0 Å². The highest BCUT2D eigenvalue weighted by Gasteiger charge is 2.33. The molecule has 2 rings (SSSR count). The molecule has 104 valence electrons. The van der Waals surface area contributed by atoms with Gasteiger partial charge in [-0.15, -0.1) is 0 Å². The van der Waals surface area contributed by atoms with Crippen molar-refractivity contribution in [1.29, 1.82) is 0 Å². The Kier molecular flexibility index (Phi) is 4.14. The topological polar surface area (TPSA) is 61.3 Å². The van der Waals surface area contributed by atoms with E-state index >= 15 is 0 Å². The van der Waals surface area contributed by atoms with E-state index in [1.54, 1.807) is 20.0 Å². The van der Waals surface area contributed by atoms with Crippen molar-refractivity contribution in [2.24, 2.45) is 0 Å². The van der Waals surface area contributed by atoms with Crippen LogP contribution in [0, 0.1) is 6.92 Å². The summed E-state index contributed by atoms with van der Waals surface area (Å²) in [5, 5.41) is 0. The molecule has 5 heteroatoms. The van der Waals surface area contributed by atoms with E-state index in [0.717, 1.165) is 24.8 Å². The van der Waals surface area contributed by atoms with Crippen molar-refractivity contribution in [3.63, 3.8) is 0 Å². The number of rotatable bonds is 3. The molecule has 0 spiro atoms. The maximum Gasteiger partial charge on any atom is 0.357 e. The largest absolute Gasteiger partial charge is 0.461 e. The van der Waals surface area contributed by atoms with Crippen LogP contribution in [0.2, 0.25) is 0 Å². The summed E-state index contributed by atoms with van der Waals surface area (Å²) < 4.78 is 10.8. The molecule has 0 amide bonds. The molecular formula is C14H20N2O3. The van der Waals surface area contributed by atoms with Gasteiger partial charge in [0.2, 0.25) is 0 Å². The van der Waals surface area contributed by atoms with Crippen LogP contribution in [0.25, 0.3) is 0 Å². The van der Waals surface area contributed by atoms with E-state index in [9.17, 15) is 4.79 Å². The molecule has 1 fully saturated rings. The summed E-state index contributed by atoms with van der Waals surface area (Å²) in [7, 11) is 0. The van der Waals surface area contributed by atoms with Gasteiger partial charge in [0.15, 0.2) is 11.5 Å². The van der Waals surface area contributed by atoms with Crippen LogP contribution >= 0.6 is 0 Å². The number of hydrogen-bond donors (Lipinski definition) is 0. The van der Waals surface area contributed by atoms with Gasteiger partial charge in [-0.1, -0.05) is 0 Å². The number of nitrogens with zero attached hydrogens (tertiary/aromatic N) is 2. The highest BCUT2D eigenvalue weighted by atomic mass is 16.5. The van der Waals surface area contributed by atoms with Crippen molar-refractivity contribution in [2.45, 2.75) is 45.6 Å². The second-order valence-corrected chi connectivity index (χ2v) is 4.98. The molecule has 0 radical (unpaired) electrons. The third-order valence-electron chi connectivity index (χ3n) is 3.38. The molecule has 1 aromatic heterocycles. The minimum atomic E-state index is -0.493. The van der Waals surface area contributed by atoms with Crippen LogP contribution in [0.15, 0.2) is 6.20 Å². The lowest BCUT2D eigenvalue weighted by Crippen LogP contribution is -2.33. The van der Waals surface area contributed by atoms with Gasteiger partial charge in [0, 0.05) is 18.4 Å². The Bertz CT molecular complexity index is 468. The monoisotopic (exact) mass is 264 g/mol. The van der Waals surface area contributed by atoms with Crippen LogP contribution in [-0.4, -0.2) is 29.2 Å². The van der Waals surface area contributed by atoms with Crippen LogP contribution in [0.4, 0.5) is 0 Å². The number of ether oxygens (including phenoxy) is 2. The second kappa shape index (κ2) is 5.65. The predicted molar refractivity (Wildman–Crippen MR) is 69.9 cm³/mol. The molecular weight excluding hydrogens is 244 g/mol. The summed E-state index contributed by atoms with van der Waals surface area (Å²) in [6.45, 7) is 6.61. The molecule has 0 N–H and O–H groups in total. The molecule has 1 aromatic rings. The maximum atomic E-state index is 11.9. The van der Waals surface area contributed by atoms with Crippen molar-refractivity contribution in [2.75, 3.05) is 13.2 Å². The van der Waals surface area contributed by atoms with E-state index < -0.39 is 11.6 Å². The average molecular weight is 264 g/mol. The molecule has 1 unspecified atom stereocenters. The fourth-order valence-electron chi connectivity index (χ4n) is 2.21. The summed E-state index contributed by atoms with van der Waals surface area (Å²) >= 11 is 0. The van der Waals surface area contributed by atoms with E-state index in [4.69, 9.17) is 9.47 Å². The van der Waals surface area contributed by atoms with Gasteiger partial charge in [-0.25, -0.2) is 14.8 Å². The first kappa shape index (κ1) is 13.9. The fourth-order valence-corrected chi connectivity index (χ4v) is 2.21. The lowest BCUT2D eigenvalue weighted by atomic mass is 9.95. The molecule has 5 nitrogen and oxygen atoms in total. The minimum Gasteiger partial charge on any atom is -0.461 e. The van der Waals surface area contributed by atoms with E-state index in [1.165, 1.54) is 0 Å². The first-order valence-electron chi connectivity index (χ1n) is 6.72. The van der Waals surface area contributed by atoms with Gasteiger partial charge in [-0.05, 0) is 40.0 Å². The van der Waals surface area contributed by atoms with Gasteiger partial charge in [0.1, 0.15) is 5.60 Å². The number of carbonyl (C=O) groups is 1. The van der Waals surface area contributed by atoms with Crippen molar-refractivity contribution < 1.29 is 14.3 Å². The summed E-state index contributed by atoms with van der Waals surface area (Å²) in [6.07, 6.45) is 4.69. The SMILES string of the molecule is CCOC(=O)c1nc(C2(C)CCCCO2)ncc1C. The van der Waals surface area contributed by atoms with Crippen LogP contribution < -0.4 is 0 Å². The van der Waals surface area contributed by atoms with E-state index in [-0.39, 0.29) is 0 Å². The third kappa shape index (κ3) is 2.92. The second-order valence-electron chi connectivity index (χ2n) is 4.98. The molecule has 0 bridgehead atoms. The number of aromatic nitrogens is 2. The zero-order valence-electron chi connectivity index (χ0n) is 11.7. The van der Waals surface area contributed by atoms with E-state index in [1.807, 2.05) is 6.92 Å². The first-order valence-corrected chi connectivity index (χ1v) is 6.72. The number of carbonyl (C=O) groups excluding carboxylic acids is 1. The first-order chi connectivity index (χ1) is 9.07. The van der Waals surface area contributed by atoms with Crippen molar-refractivity contribution in [3.8, 4) is 0 Å². The van der Waals surface area contributed by atoms with Gasteiger partial charge in [0.05, 0.1) is 6.61 Å². The summed E-state index contributed by atoms with van der Waals surface area (Å²) in [5.41, 5.74) is 0.566. The quantitative estimate of drug-likeness (QED) is 0.784. The van der Waals surface area contributed by atoms with Gasteiger partial charge in [-0.3, -0.25) is 0 Å². The van der Waals surface area contributed by atoms with Crippen LogP contribution in [-0.2, 0) is 15.1 Å². The third-order valence-corrected chi connectivity index (χ3v) is 3.38. The van der Waals surface area contributed by atoms with Crippen LogP contribution in [0.1, 0.15) is 55.0 Å². The molecule has 0 saturated carbocycles. The normalized spacial score (nSPS) is 23.1. The van der Waals surface area contributed by atoms with E-state index in [2.05, 4.69) is 9.97 Å².